The molecule has 8 nitrogen and oxygen atoms in total. The topological polar surface area (TPSA) is 86.9 Å². The summed E-state index contributed by atoms with van der Waals surface area (Å²) in [5.74, 6) is 0.325. The van der Waals surface area contributed by atoms with E-state index in [0.717, 1.165) is 11.1 Å². The molecule has 2 aliphatic rings. The highest BCUT2D eigenvalue weighted by atomic mass is 19.4. The molecule has 2 amide bonds. The molecule has 32 heavy (non-hydrogen) atoms. The van der Waals surface area contributed by atoms with Gasteiger partial charge in [-0.3, -0.25) is 0 Å². The van der Waals surface area contributed by atoms with Crippen molar-refractivity contribution in [1.82, 2.24) is 15.2 Å². The van der Waals surface area contributed by atoms with Gasteiger partial charge >= 0.3 is 12.2 Å². The number of nitroso groups, excluding NO2 is 1. The quantitative estimate of drug-likeness (QED) is 0.532. The van der Waals surface area contributed by atoms with E-state index >= 15 is 0 Å². The monoisotopic (exact) mass is 449 g/mol. The van der Waals surface area contributed by atoms with E-state index in [-0.39, 0.29) is 29.4 Å². The van der Waals surface area contributed by atoms with Crippen LogP contribution in [0.5, 0.6) is 0 Å². The molecule has 0 atom stereocenters. The number of nitrogens with one attached hydrogen (secondary N) is 1. The van der Waals surface area contributed by atoms with Gasteiger partial charge in [-0.25, -0.2) is 9.78 Å². The lowest BCUT2D eigenvalue weighted by Gasteiger charge is -2.41. The summed E-state index contributed by atoms with van der Waals surface area (Å²) in [6.07, 6.45) is -3.30. The minimum atomic E-state index is -4.62. The van der Waals surface area contributed by atoms with Crippen LogP contribution in [-0.2, 0) is 17.5 Å². The summed E-state index contributed by atoms with van der Waals surface area (Å²) in [5.41, 5.74) is -0.140. The van der Waals surface area contributed by atoms with Crippen LogP contribution in [0.1, 0.15) is 31.9 Å². The second kappa shape index (κ2) is 7.73. The van der Waals surface area contributed by atoms with Gasteiger partial charge in [0, 0.05) is 18.3 Å². The summed E-state index contributed by atoms with van der Waals surface area (Å²) >= 11 is 0. The van der Waals surface area contributed by atoms with Crippen molar-refractivity contribution >= 4 is 17.5 Å². The first-order valence-electron chi connectivity index (χ1n) is 10.0. The van der Waals surface area contributed by atoms with Gasteiger partial charge in [-0.1, -0.05) is 12.1 Å². The number of fused-ring (bicyclic) bond motifs is 1. The number of ether oxygens (including phenoxy) is 1. The molecule has 0 aliphatic carbocycles. The van der Waals surface area contributed by atoms with Gasteiger partial charge in [0.25, 0.3) is 0 Å². The second-order valence-corrected chi connectivity index (χ2v) is 8.71. The summed E-state index contributed by atoms with van der Waals surface area (Å²) in [6, 6.07) is 4.94. The fourth-order valence-corrected chi connectivity index (χ4v) is 3.69. The van der Waals surface area contributed by atoms with E-state index in [0.29, 0.717) is 30.2 Å². The zero-order chi connectivity index (χ0) is 23.3. The van der Waals surface area contributed by atoms with E-state index in [1.807, 2.05) is 20.8 Å². The van der Waals surface area contributed by atoms with E-state index in [1.54, 1.807) is 0 Å². The average Bonchev–Trinajstić information content (AvgIpc) is 3.40. The van der Waals surface area contributed by atoms with E-state index in [1.165, 1.54) is 29.3 Å². The van der Waals surface area contributed by atoms with Gasteiger partial charge in [0.1, 0.15) is 5.69 Å². The Morgan fingerprint density at radius 3 is 2.59 bits per heavy atom. The number of carbonyl (C=O) groups is 1. The minimum absolute atomic E-state index is 0.0574. The number of likely N-dealkylation sites (tertiary alicyclic amines) is 1. The highest BCUT2D eigenvalue weighted by Crippen LogP contribution is 2.52. The average molecular weight is 449 g/mol. The number of urea groups is 1. The van der Waals surface area contributed by atoms with Crippen LogP contribution >= 0.6 is 0 Å². The lowest BCUT2D eigenvalue weighted by molar-refractivity contribution is -0.138. The number of carbonyl (C=O) groups excluding carboxylic acids is 1. The molecule has 1 saturated heterocycles. The first kappa shape index (κ1) is 22.0. The van der Waals surface area contributed by atoms with Crippen molar-refractivity contribution in [3.8, 4) is 11.1 Å². The number of halogens is 3. The lowest BCUT2D eigenvalue weighted by Crippen LogP contribution is -2.59. The molecule has 2 aromatic rings. The Morgan fingerprint density at radius 1 is 1.25 bits per heavy atom. The van der Waals surface area contributed by atoms with Crippen LogP contribution in [0.3, 0.4) is 0 Å². The number of hydrogen-bond acceptors (Lipinski definition) is 5. The number of pyridine rings is 1. The zero-order valence-corrected chi connectivity index (χ0v) is 17.7. The summed E-state index contributed by atoms with van der Waals surface area (Å²) in [4.78, 5) is 28.6. The van der Waals surface area contributed by atoms with Crippen molar-refractivity contribution in [3.63, 3.8) is 0 Å². The highest BCUT2D eigenvalue weighted by Gasteiger charge is 2.39. The van der Waals surface area contributed by atoms with Gasteiger partial charge in [-0.15, -0.1) is 4.91 Å². The number of benzene rings is 1. The molecule has 0 saturated carbocycles. The molecule has 0 bridgehead atoms. The number of anilines is 2. The van der Waals surface area contributed by atoms with Crippen LogP contribution in [0.4, 0.5) is 29.5 Å². The highest BCUT2D eigenvalue weighted by molar-refractivity contribution is 6.00. The van der Waals surface area contributed by atoms with Gasteiger partial charge in [0.15, 0.2) is 5.82 Å². The Bertz CT molecular complexity index is 1060. The van der Waals surface area contributed by atoms with Crippen LogP contribution in [0.15, 0.2) is 35.7 Å². The summed E-state index contributed by atoms with van der Waals surface area (Å²) in [5, 5.41) is 6.36. The third-order valence-corrected chi connectivity index (χ3v) is 5.16. The van der Waals surface area contributed by atoms with Crippen molar-refractivity contribution in [2.24, 2.45) is 5.29 Å². The van der Waals surface area contributed by atoms with Gasteiger partial charge in [-0.05, 0) is 44.0 Å². The molecule has 1 N–H and O–H groups in total. The van der Waals surface area contributed by atoms with E-state index in [4.69, 9.17) is 4.74 Å². The number of nitrogens with zero attached hydrogens (tertiary/aromatic N) is 4. The summed E-state index contributed by atoms with van der Waals surface area (Å²) in [6.45, 7) is 6.27. The summed E-state index contributed by atoms with van der Waals surface area (Å²) < 4.78 is 47.0. The molecule has 4 rings (SSSR count). The van der Waals surface area contributed by atoms with Crippen LogP contribution in [0.25, 0.3) is 11.1 Å². The third kappa shape index (κ3) is 4.38. The molecule has 0 radical (unpaired) electrons. The Morgan fingerprint density at radius 2 is 1.97 bits per heavy atom. The fourth-order valence-electron chi connectivity index (χ4n) is 3.69. The van der Waals surface area contributed by atoms with Gasteiger partial charge in [-0.2, -0.15) is 18.2 Å². The molecule has 1 fully saturated rings. The first-order chi connectivity index (χ1) is 15.0. The smallest absolute Gasteiger partial charge is 0.369 e. The number of amides is 2. The Balaban J connectivity index is 1.46. The predicted molar refractivity (Wildman–Crippen MR) is 111 cm³/mol. The van der Waals surface area contributed by atoms with Crippen molar-refractivity contribution in [2.45, 2.75) is 45.2 Å². The fraction of sp³-hybridized carbons (Fsp3) is 0.429. The van der Waals surface area contributed by atoms with Gasteiger partial charge in [0.2, 0.25) is 0 Å². The third-order valence-electron chi connectivity index (χ3n) is 5.16. The molecule has 1 aromatic carbocycles. The molecule has 0 unspecified atom stereocenters. The molecular weight excluding hydrogens is 427 g/mol. The van der Waals surface area contributed by atoms with E-state index in [9.17, 15) is 22.9 Å². The van der Waals surface area contributed by atoms with Crippen molar-refractivity contribution in [3.05, 3.63) is 46.5 Å². The van der Waals surface area contributed by atoms with Gasteiger partial charge < -0.3 is 15.0 Å². The SMILES string of the molecule is CC(C)(C)OC1CN(C(=O)NCc2ccc(-c3ccnc4c3N4N=O)cc2C(F)(F)F)C1. The second-order valence-electron chi connectivity index (χ2n) is 8.71. The van der Waals surface area contributed by atoms with Crippen molar-refractivity contribution in [1.29, 1.82) is 0 Å². The summed E-state index contributed by atoms with van der Waals surface area (Å²) in [7, 11) is 0. The minimum Gasteiger partial charge on any atom is -0.369 e. The molecular formula is C21H22F3N5O3. The van der Waals surface area contributed by atoms with Gasteiger partial charge in [0.05, 0.1) is 35.6 Å². The normalized spacial score (nSPS) is 15.8. The zero-order valence-electron chi connectivity index (χ0n) is 17.7. The Kier molecular flexibility index (Phi) is 5.32. The maximum atomic E-state index is 13.7. The maximum Gasteiger partial charge on any atom is 0.416 e. The molecule has 2 aliphatic heterocycles. The van der Waals surface area contributed by atoms with Crippen LogP contribution in [0, 0.1) is 4.91 Å². The van der Waals surface area contributed by atoms with Crippen LogP contribution < -0.4 is 10.3 Å². The molecule has 170 valence electrons. The van der Waals surface area contributed by atoms with Crippen molar-refractivity contribution in [2.75, 3.05) is 18.1 Å². The Hall–Kier alpha value is -3.21. The standard InChI is InChI=1S/C21H22F3N5O3/c1-20(2,3)32-14-10-28(11-14)19(30)26-9-13-5-4-12(8-16(13)21(22,23)24)15-6-7-25-18-17(15)29(18)27-31/h4-8,14H,9-11H2,1-3H3,(H,26,30). The number of alkyl halides is 3. The molecule has 3 heterocycles. The molecule has 1 aromatic heterocycles. The molecule has 11 heteroatoms. The first-order valence-corrected chi connectivity index (χ1v) is 10.0. The number of rotatable bonds is 5. The lowest BCUT2D eigenvalue weighted by atomic mass is 9.99. The predicted octanol–water partition coefficient (Wildman–Crippen LogP) is 4.61. The largest absolute Gasteiger partial charge is 0.416 e. The maximum absolute atomic E-state index is 13.7. The van der Waals surface area contributed by atoms with E-state index in [2.05, 4.69) is 15.6 Å². The number of hydrogen-bond donors (Lipinski definition) is 1. The number of aromatic nitrogens is 1. The van der Waals surface area contributed by atoms with Crippen LogP contribution in [-0.4, -0.2) is 40.7 Å². The van der Waals surface area contributed by atoms with E-state index < -0.39 is 17.8 Å². The van der Waals surface area contributed by atoms with Crippen molar-refractivity contribution < 1.29 is 22.7 Å². The van der Waals surface area contributed by atoms with Crippen LogP contribution in [0.2, 0.25) is 0 Å². The Labute approximate surface area is 182 Å². The molecule has 0 spiro atoms.